The van der Waals surface area contributed by atoms with Gasteiger partial charge in [-0.1, -0.05) is 13.2 Å². The molecule has 3 saturated heterocycles. The number of aliphatic hydroxyl groups excluding tert-OH is 1. The fourth-order valence-corrected chi connectivity index (χ4v) is 4.66. The van der Waals surface area contributed by atoms with Gasteiger partial charge in [0.05, 0.1) is 0 Å². The molecule has 4 aliphatic rings. The first-order chi connectivity index (χ1) is 11.3. The number of hydrogen-bond donors (Lipinski definition) is 1. The van der Waals surface area contributed by atoms with E-state index in [4.69, 9.17) is 18.9 Å². The molecule has 3 heterocycles. The van der Waals surface area contributed by atoms with Crippen LogP contribution in [0.1, 0.15) is 19.8 Å². The van der Waals surface area contributed by atoms with E-state index in [1.54, 1.807) is 0 Å². The average molecular weight is 336 g/mol. The van der Waals surface area contributed by atoms with Crippen LogP contribution >= 0.6 is 0 Å². The number of carbonyl (C=O) groups is 2. The molecule has 7 unspecified atom stereocenters. The maximum atomic E-state index is 11.9. The smallest absolute Gasteiger partial charge is 0.334 e. The van der Waals surface area contributed by atoms with Crippen molar-refractivity contribution in [1.29, 1.82) is 0 Å². The molecule has 130 valence electrons. The van der Waals surface area contributed by atoms with Gasteiger partial charge in [-0.15, -0.1) is 0 Å². The van der Waals surface area contributed by atoms with Crippen LogP contribution in [0.25, 0.3) is 0 Å². The zero-order valence-electron chi connectivity index (χ0n) is 13.4. The van der Waals surface area contributed by atoms with Crippen LogP contribution in [0.15, 0.2) is 24.3 Å². The summed E-state index contributed by atoms with van der Waals surface area (Å²) in [6.07, 6.45) is -1.85. The van der Waals surface area contributed by atoms with Gasteiger partial charge in [-0.3, -0.25) is 4.79 Å². The lowest BCUT2D eigenvalue weighted by Crippen LogP contribution is -2.58. The van der Waals surface area contributed by atoms with Crippen molar-refractivity contribution in [3.05, 3.63) is 24.3 Å². The SMILES string of the molecule is C=C1C(=O)OC2CC3(COC(C)=O)C(CC12)C(=C)C1OC(O)C3O1. The van der Waals surface area contributed by atoms with Crippen LogP contribution < -0.4 is 0 Å². The van der Waals surface area contributed by atoms with Crippen molar-refractivity contribution in [2.24, 2.45) is 17.3 Å². The maximum Gasteiger partial charge on any atom is 0.334 e. The van der Waals surface area contributed by atoms with E-state index in [0.717, 1.165) is 0 Å². The van der Waals surface area contributed by atoms with Gasteiger partial charge in [0.25, 0.3) is 0 Å². The van der Waals surface area contributed by atoms with Crippen LogP contribution in [0.2, 0.25) is 0 Å². The lowest BCUT2D eigenvalue weighted by molar-refractivity contribution is -0.187. The zero-order valence-corrected chi connectivity index (χ0v) is 13.4. The third-order valence-electron chi connectivity index (χ3n) is 5.84. The van der Waals surface area contributed by atoms with Gasteiger partial charge in [0, 0.05) is 23.8 Å². The second kappa shape index (κ2) is 5.15. The number of esters is 2. The minimum absolute atomic E-state index is 0.0527. The van der Waals surface area contributed by atoms with Gasteiger partial charge < -0.3 is 24.1 Å². The number of carbonyl (C=O) groups excluding carboxylic acids is 2. The van der Waals surface area contributed by atoms with Crippen LogP contribution in [0.5, 0.6) is 0 Å². The Bertz CT molecular complexity index is 641. The molecule has 0 amide bonds. The first-order valence-corrected chi connectivity index (χ1v) is 8.04. The zero-order chi connectivity index (χ0) is 17.2. The summed E-state index contributed by atoms with van der Waals surface area (Å²) in [5.74, 6) is -1.02. The minimum Gasteiger partial charge on any atom is -0.465 e. The van der Waals surface area contributed by atoms with Crippen molar-refractivity contribution in [2.45, 2.75) is 44.6 Å². The fraction of sp³-hybridized carbons (Fsp3) is 0.647. The Labute approximate surface area is 139 Å². The summed E-state index contributed by atoms with van der Waals surface area (Å²) in [6, 6.07) is 0. The lowest BCUT2D eigenvalue weighted by atomic mass is 9.56. The predicted octanol–water partition coefficient (Wildman–Crippen LogP) is 0.673. The summed E-state index contributed by atoms with van der Waals surface area (Å²) in [5, 5.41) is 10.3. The first kappa shape index (κ1) is 15.8. The van der Waals surface area contributed by atoms with Crippen molar-refractivity contribution in [2.75, 3.05) is 6.61 Å². The molecular formula is C17H20O7. The van der Waals surface area contributed by atoms with Crippen LogP contribution in [0.4, 0.5) is 0 Å². The molecule has 1 saturated carbocycles. The molecule has 7 atom stereocenters. The Balaban J connectivity index is 1.74. The normalized spacial score (nSPS) is 46.3. The lowest BCUT2D eigenvalue weighted by Gasteiger charge is -2.52. The van der Waals surface area contributed by atoms with E-state index >= 15 is 0 Å². The van der Waals surface area contributed by atoms with Gasteiger partial charge in [-0.25, -0.2) is 4.79 Å². The maximum absolute atomic E-state index is 11.9. The van der Waals surface area contributed by atoms with Crippen LogP contribution in [-0.4, -0.2) is 48.4 Å². The van der Waals surface area contributed by atoms with Crippen molar-refractivity contribution < 1.29 is 33.6 Å². The monoisotopic (exact) mass is 336 g/mol. The van der Waals surface area contributed by atoms with Crippen LogP contribution in [-0.2, 0) is 28.5 Å². The van der Waals surface area contributed by atoms with Gasteiger partial charge in [0.15, 0.2) is 12.6 Å². The quantitative estimate of drug-likeness (QED) is 0.450. The Morgan fingerprint density at radius 2 is 2.17 bits per heavy atom. The Kier molecular flexibility index (Phi) is 3.39. The highest BCUT2D eigenvalue weighted by Gasteiger charge is 2.65. The van der Waals surface area contributed by atoms with Gasteiger partial charge in [0.2, 0.25) is 0 Å². The first-order valence-electron chi connectivity index (χ1n) is 8.04. The standard InChI is InChI=1S/C17H20O7/c1-7-10-4-11-8(2)16-23-13(15(20)24-16)17(11,6-21-9(3)18)5-12(10)22-14(7)19/h10-13,15-16,20H,1-2,4-6H2,3H3. The summed E-state index contributed by atoms with van der Waals surface area (Å²) in [5.41, 5.74) is 0.427. The molecule has 0 spiro atoms. The van der Waals surface area contributed by atoms with E-state index in [1.165, 1.54) is 6.92 Å². The molecule has 7 nitrogen and oxygen atoms in total. The summed E-state index contributed by atoms with van der Waals surface area (Å²) in [7, 11) is 0. The van der Waals surface area contributed by atoms with Gasteiger partial charge in [-0.2, -0.15) is 0 Å². The molecule has 0 radical (unpaired) electrons. The fourth-order valence-electron chi connectivity index (χ4n) is 4.66. The highest BCUT2D eigenvalue weighted by atomic mass is 16.8. The second-order valence-corrected chi connectivity index (χ2v) is 7.07. The van der Waals surface area contributed by atoms with Crippen molar-refractivity contribution >= 4 is 11.9 Å². The van der Waals surface area contributed by atoms with Crippen molar-refractivity contribution in [3.63, 3.8) is 0 Å². The number of aliphatic hydroxyl groups is 1. The Morgan fingerprint density at radius 1 is 1.42 bits per heavy atom. The molecule has 4 rings (SSSR count). The molecule has 0 aromatic heterocycles. The molecule has 3 aliphatic heterocycles. The minimum atomic E-state index is -1.14. The summed E-state index contributed by atoms with van der Waals surface area (Å²) in [6.45, 7) is 9.32. The third-order valence-corrected chi connectivity index (χ3v) is 5.84. The number of rotatable bonds is 2. The molecule has 0 aromatic carbocycles. The van der Waals surface area contributed by atoms with Crippen LogP contribution in [0.3, 0.4) is 0 Å². The largest absolute Gasteiger partial charge is 0.465 e. The molecular weight excluding hydrogens is 316 g/mol. The summed E-state index contributed by atoms with van der Waals surface area (Å²) in [4.78, 5) is 23.3. The highest BCUT2D eigenvalue weighted by Crippen LogP contribution is 2.59. The molecule has 2 bridgehead atoms. The average Bonchev–Trinajstić information content (AvgIpc) is 3.02. The third kappa shape index (κ3) is 2.01. The topological polar surface area (TPSA) is 91.3 Å². The van der Waals surface area contributed by atoms with E-state index in [9.17, 15) is 14.7 Å². The van der Waals surface area contributed by atoms with Crippen LogP contribution in [0, 0.1) is 17.3 Å². The van der Waals surface area contributed by atoms with Gasteiger partial charge >= 0.3 is 11.9 Å². The summed E-state index contributed by atoms with van der Waals surface area (Å²) < 4.78 is 22.0. The molecule has 4 fully saturated rings. The molecule has 1 aliphatic carbocycles. The van der Waals surface area contributed by atoms with E-state index in [0.29, 0.717) is 24.0 Å². The Morgan fingerprint density at radius 3 is 2.88 bits per heavy atom. The Hall–Kier alpha value is -1.70. The molecule has 0 aromatic rings. The van der Waals surface area contributed by atoms with E-state index in [1.807, 2.05) is 0 Å². The number of hydrogen-bond acceptors (Lipinski definition) is 7. The highest BCUT2D eigenvalue weighted by molar-refractivity contribution is 5.90. The number of ether oxygens (including phenoxy) is 4. The number of fused-ring (bicyclic) bond motifs is 5. The molecule has 1 N–H and O–H groups in total. The van der Waals surface area contributed by atoms with Gasteiger partial charge in [0.1, 0.15) is 18.8 Å². The van der Waals surface area contributed by atoms with Crippen molar-refractivity contribution in [3.8, 4) is 0 Å². The van der Waals surface area contributed by atoms with E-state index in [2.05, 4.69) is 13.2 Å². The summed E-state index contributed by atoms with van der Waals surface area (Å²) >= 11 is 0. The molecule has 24 heavy (non-hydrogen) atoms. The van der Waals surface area contributed by atoms with Gasteiger partial charge in [-0.05, 0) is 24.3 Å². The van der Waals surface area contributed by atoms with E-state index < -0.39 is 30.1 Å². The second-order valence-electron chi connectivity index (χ2n) is 7.07. The van der Waals surface area contributed by atoms with E-state index in [-0.39, 0.29) is 30.5 Å². The molecule has 7 heteroatoms. The predicted molar refractivity (Wildman–Crippen MR) is 79.2 cm³/mol. The van der Waals surface area contributed by atoms with Crippen molar-refractivity contribution in [1.82, 2.24) is 0 Å².